The van der Waals surface area contributed by atoms with E-state index in [1.54, 1.807) is 11.1 Å². The summed E-state index contributed by atoms with van der Waals surface area (Å²) in [4.78, 5) is 0. The molecule has 1 fully saturated rings. The number of benzene rings is 6. The standard InChI is InChI=1S/C42H30/c1-2-10-32-31(9-1)33(35-19-15-29-13-11-25-5-3-7-27-17-21-37(35)41(29)39(25)27)23-24-34(32)36-20-16-30-14-12-26-6-4-8-28-18-22-38(36)42(30)40(26)28/h1-7,9-17,19-21,23-24,28,40,42H,8,18,22H2. The van der Waals surface area contributed by atoms with Gasteiger partial charge in [0.05, 0.1) is 0 Å². The van der Waals surface area contributed by atoms with Gasteiger partial charge in [0.1, 0.15) is 0 Å². The van der Waals surface area contributed by atoms with Crippen LogP contribution in [-0.4, -0.2) is 0 Å². The number of rotatable bonds is 2. The van der Waals surface area contributed by atoms with Crippen LogP contribution in [0.1, 0.15) is 24.8 Å². The normalized spacial score (nSPS) is 22.7. The van der Waals surface area contributed by atoms with E-state index in [1.807, 2.05) is 0 Å². The molecule has 1 saturated carbocycles. The molecule has 0 amide bonds. The van der Waals surface area contributed by atoms with Crippen molar-refractivity contribution in [1.82, 2.24) is 0 Å². The summed E-state index contributed by atoms with van der Waals surface area (Å²) in [7, 11) is 0. The molecular weight excluding hydrogens is 504 g/mol. The van der Waals surface area contributed by atoms with Crippen molar-refractivity contribution >= 4 is 48.7 Å². The second kappa shape index (κ2) is 8.43. The third-order valence-corrected chi connectivity index (χ3v) is 10.8. The van der Waals surface area contributed by atoms with Gasteiger partial charge < -0.3 is 0 Å². The second-order valence-corrected chi connectivity index (χ2v) is 12.7. The molecule has 0 heterocycles. The van der Waals surface area contributed by atoms with E-state index in [4.69, 9.17) is 0 Å². The number of hydrogen-bond acceptors (Lipinski definition) is 0. The highest BCUT2D eigenvalue weighted by Gasteiger charge is 2.43. The summed E-state index contributed by atoms with van der Waals surface area (Å²) in [5.74, 6) is 1.95. The van der Waals surface area contributed by atoms with Crippen molar-refractivity contribution in [3.05, 3.63) is 150 Å². The predicted octanol–water partition coefficient (Wildman–Crippen LogP) is 11.2. The highest BCUT2D eigenvalue weighted by molar-refractivity contribution is 6.26. The summed E-state index contributed by atoms with van der Waals surface area (Å²) in [6.45, 7) is 0. The Hall–Kier alpha value is -4.68. The van der Waals surface area contributed by atoms with Gasteiger partial charge in [-0.15, -0.1) is 0 Å². The van der Waals surface area contributed by atoms with Crippen LogP contribution in [0.2, 0.25) is 0 Å². The van der Waals surface area contributed by atoms with Crippen LogP contribution < -0.4 is 0 Å². The quantitative estimate of drug-likeness (QED) is 0.194. The molecule has 0 aromatic heterocycles. The minimum Gasteiger partial charge on any atom is -0.0840 e. The topological polar surface area (TPSA) is 0 Å². The minimum atomic E-state index is 0.532. The second-order valence-electron chi connectivity index (χ2n) is 12.7. The van der Waals surface area contributed by atoms with Gasteiger partial charge in [-0.2, -0.15) is 0 Å². The molecule has 10 rings (SSSR count). The summed E-state index contributed by atoms with van der Waals surface area (Å²) in [5, 5.41) is 10.8. The molecule has 0 saturated heterocycles. The highest BCUT2D eigenvalue weighted by atomic mass is 14.5. The van der Waals surface area contributed by atoms with Gasteiger partial charge in [-0.25, -0.2) is 0 Å². The molecular formula is C42H30. The minimum absolute atomic E-state index is 0.532. The fraction of sp³-hybridized carbons (Fsp3) is 0.143. The van der Waals surface area contributed by atoms with Crippen molar-refractivity contribution in [2.24, 2.45) is 17.8 Å². The number of fused-ring (bicyclic) bond motifs is 1. The lowest BCUT2D eigenvalue weighted by Gasteiger charge is -2.46. The van der Waals surface area contributed by atoms with Gasteiger partial charge in [0.25, 0.3) is 0 Å². The Bertz CT molecular complexity index is 2270. The van der Waals surface area contributed by atoms with Gasteiger partial charge >= 0.3 is 0 Å². The molecule has 6 aromatic rings. The van der Waals surface area contributed by atoms with E-state index in [0.717, 1.165) is 5.92 Å². The zero-order chi connectivity index (χ0) is 27.4. The zero-order valence-electron chi connectivity index (χ0n) is 23.5. The smallest absolute Gasteiger partial charge is 0.0129 e. The van der Waals surface area contributed by atoms with Gasteiger partial charge in [-0.3, -0.25) is 0 Å². The van der Waals surface area contributed by atoms with Crippen molar-refractivity contribution in [1.29, 1.82) is 0 Å². The molecule has 198 valence electrons. The van der Waals surface area contributed by atoms with Crippen molar-refractivity contribution < 1.29 is 0 Å². The van der Waals surface area contributed by atoms with Crippen LogP contribution in [-0.2, 0) is 0 Å². The Morgan fingerprint density at radius 1 is 0.524 bits per heavy atom. The van der Waals surface area contributed by atoms with Crippen LogP contribution in [0, 0.1) is 17.8 Å². The van der Waals surface area contributed by atoms with Gasteiger partial charge in [-0.05, 0) is 108 Å². The van der Waals surface area contributed by atoms with Crippen molar-refractivity contribution in [2.45, 2.75) is 19.3 Å². The number of hydrogen-bond donors (Lipinski definition) is 0. The fourth-order valence-corrected chi connectivity index (χ4v) is 9.01. The summed E-state index contributed by atoms with van der Waals surface area (Å²) in [6.07, 6.45) is 18.1. The Morgan fingerprint density at radius 3 is 2.10 bits per heavy atom. The summed E-state index contributed by atoms with van der Waals surface area (Å²) >= 11 is 0. The van der Waals surface area contributed by atoms with Gasteiger partial charge in [0.15, 0.2) is 0 Å². The molecule has 3 unspecified atom stereocenters. The van der Waals surface area contributed by atoms with Crippen molar-refractivity contribution in [3.63, 3.8) is 0 Å². The first-order valence-corrected chi connectivity index (χ1v) is 15.5. The summed E-state index contributed by atoms with van der Waals surface area (Å²) in [6, 6.07) is 34.4. The van der Waals surface area contributed by atoms with E-state index in [9.17, 15) is 0 Å². The van der Waals surface area contributed by atoms with Gasteiger partial charge in [0.2, 0.25) is 0 Å². The van der Waals surface area contributed by atoms with E-state index in [2.05, 4.69) is 127 Å². The third kappa shape index (κ3) is 3.02. The summed E-state index contributed by atoms with van der Waals surface area (Å²) in [5.41, 5.74) is 10.2. The molecule has 0 radical (unpaired) electrons. The molecule has 6 aromatic carbocycles. The Kier molecular flexibility index (Phi) is 4.60. The molecule has 4 aliphatic carbocycles. The Morgan fingerprint density at radius 2 is 1.21 bits per heavy atom. The van der Waals surface area contributed by atoms with Crippen LogP contribution in [0.25, 0.3) is 59.8 Å². The Balaban J connectivity index is 1.19. The maximum absolute atomic E-state index is 2.42. The number of allylic oxidation sites excluding steroid dienone is 10. The average Bonchev–Trinajstić information content (AvgIpc) is 3.06. The van der Waals surface area contributed by atoms with E-state index in [0.29, 0.717) is 11.8 Å². The largest absolute Gasteiger partial charge is 0.0840 e. The molecule has 0 aliphatic heterocycles. The Labute approximate surface area is 246 Å². The van der Waals surface area contributed by atoms with Crippen LogP contribution in [0.5, 0.6) is 0 Å². The van der Waals surface area contributed by atoms with Crippen molar-refractivity contribution in [3.8, 4) is 11.1 Å². The van der Waals surface area contributed by atoms with Crippen molar-refractivity contribution in [2.75, 3.05) is 0 Å². The zero-order valence-corrected chi connectivity index (χ0v) is 23.5. The molecule has 0 bridgehead atoms. The first-order chi connectivity index (χ1) is 20.8. The molecule has 0 N–H and O–H groups in total. The van der Waals surface area contributed by atoms with E-state index in [1.165, 1.54) is 90.2 Å². The lowest BCUT2D eigenvalue weighted by Crippen LogP contribution is -2.36. The first-order valence-electron chi connectivity index (χ1n) is 15.5. The van der Waals surface area contributed by atoms with E-state index in [-0.39, 0.29) is 0 Å². The molecule has 0 nitrogen and oxygen atoms in total. The maximum Gasteiger partial charge on any atom is 0.0129 e. The van der Waals surface area contributed by atoms with Crippen LogP contribution in [0.4, 0.5) is 0 Å². The van der Waals surface area contributed by atoms with E-state index >= 15 is 0 Å². The fourth-order valence-electron chi connectivity index (χ4n) is 9.01. The lowest BCUT2D eigenvalue weighted by molar-refractivity contribution is 0.259. The predicted molar refractivity (Wildman–Crippen MR) is 179 cm³/mol. The average molecular weight is 535 g/mol. The first kappa shape index (κ1) is 22.9. The SMILES string of the molecule is C1=CC2=CC=C3C=CC(c4ccc(-c5ccc6ccc7cccc8ccc5c6c78)c5ccccc45)=C4CCC(C1)C2C34. The lowest BCUT2D eigenvalue weighted by atomic mass is 9.57. The molecule has 0 spiro atoms. The van der Waals surface area contributed by atoms with Crippen LogP contribution >= 0.6 is 0 Å². The summed E-state index contributed by atoms with van der Waals surface area (Å²) < 4.78 is 0. The maximum atomic E-state index is 2.42. The van der Waals surface area contributed by atoms with Crippen LogP contribution in [0.15, 0.2) is 144 Å². The molecule has 4 aliphatic rings. The molecule has 42 heavy (non-hydrogen) atoms. The van der Waals surface area contributed by atoms with Gasteiger partial charge in [-0.1, -0.05) is 133 Å². The monoisotopic (exact) mass is 534 g/mol. The third-order valence-electron chi connectivity index (χ3n) is 10.8. The highest BCUT2D eigenvalue weighted by Crippen LogP contribution is 2.55. The van der Waals surface area contributed by atoms with Gasteiger partial charge in [0, 0.05) is 5.92 Å². The van der Waals surface area contributed by atoms with E-state index < -0.39 is 0 Å². The molecule has 3 atom stereocenters. The van der Waals surface area contributed by atoms with Crippen LogP contribution in [0.3, 0.4) is 0 Å². The molecule has 0 heteroatoms.